The lowest BCUT2D eigenvalue weighted by Crippen LogP contribution is -2.25. The first-order valence-corrected chi connectivity index (χ1v) is 7.76. The van der Waals surface area contributed by atoms with E-state index in [0.717, 1.165) is 12.1 Å². The molecule has 1 unspecified atom stereocenters. The zero-order valence-electron chi connectivity index (χ0n) is 10.1. The molecule has 0 spiro atoms. The van der Waals surface area contributed by atoms with Crippen molar-refractivity contribution in [3.05, 3.63) is 39.3 Å². The normalized spacial score (nSPS) is 21.8. The number of pyridine rings is 1. The Labute approximate surface area is 127 Å². The molecule has 3 rings (SSSR count). The van der Waals surface area contributed by atoms with Crippen LogP contribution in [0.3, 0.4) is 0 Å². The van der Waals surface area contributed by atoms with Crippen molar-refractivity contribution in [2.45, 2.75) is 18.3 Å². The smallest absolute Gasteiger partial charge is 0.221 e. The standard InChI is InChI=1S/C13H10Br2N2O2/c1-6-5-17(6)11-9(15)13(19)10-8(12(11)18)2-7(3-14)4-16-10/h2,4,6H,3,5H2,1H3. The van der Waals surface area contributed by atoms with Gasteiger partial charge in [-0.2, -0.15) is 0 Å². The van der Waals surface area contributed by atoms with Crippen molar-refractivity contribution < 1.29 is 9.59 Å². The number of hydrogen-bond donors (Lipinski definition) is 0. The molecular formula is C13H10Br2N2O2. The van der Waals surface area contributed by atoms with Gasteiger partial charge in [0.15, 0.2) is 0 Å². The Balaban J connectivity index is 2.14. The first-order valence-electron chi connectivity index (χ1n) is 5.85. The summed E-state index contributed by atoms with van der Waals surface area (Å²) < 4.78 is 0.327. The molecule has 0 bridgehead atoms. The van der Waals surface area contributed by atoms with Crippen LogP contribution in [-0.2, 0) is 5.33 Å². The number of alkyl halides is 1. The molecule has 98 valence electrons. The predicted octanol–water partition coefficient (Wildman–Crippen LogP) is 2.67. The van der Waals surface area contributed by atoms with Crippen LogP contribution in [0.25, 0.3) is 0 Å². The number of Topliss-reactive ketones (excluding diaryl/α,β-unsaturated/α-hetero) is 2. The molecule has 1 aromatic heterocycles. The topological polar surface area (TPSA) is 50.0 Å². The lowest BCUT2D eigenvalue weighted by atomic mass is 9.96. The largest absolute Gasteiger partial charge is 0.361 e. The second-order valence-electron chi connectivity index (χ2n) is 4.70. The number of hydrogen-bond acceptors (Lipinski definition) is 4. The van der Waals surface area contributed by atoms with E-state index in [9.17, 15) is 9.59 Å². The van der Waals surface area contributed by atoms with Gasteiger partial charge in [0.1, 0.15) is 11.4 Å². The number of allylic oxidation sites excluding steroid dienone is 2. The number of nitrogens with zero attached hydrogens (tertiary/aromatic N) is 2. The van der Waals surface area contributed by atoms with Crippen LogP contribution < -0.4 is 0 Å². The van der Waals surface area contributed by atoms with Gasteiger partial charge in [-0.3, -0.25) is 14.6 Å². The number of carbonyl (C=O) groups is 2. The number of aromatic nitrogens is 1. The highest BCUT2D eigenvalue weighted by molar-refractivity contribution is 9.12. The Morgan fingerprint density at radius 3 is 2.68 bits per heavy atom. The van der Waals surface area contributed by atoms with Crippen molar-refractivity contribution in [3.63, 3.8) is 0 Å². The molecule has 0 saturated carbocycles. The Bertz CT molecular complexity index is 640. The third kappa shape index (κ3) is 1.97. The Morgan fingerprint density at radius 1 is 1.42 bits per heavy atom. The molecule has 1 fully saturated rings. The number of fused-ring (bicyclic) bond motifs is 1. The van der Waals surface area contributed by atoms with Gasteiger partial charge in [0, 0.05) is 24.1 Å². The minimum Gasteiger partial charge on any atom is -0.361 e. The second kappa shape index (κ2) is 4.52. The first-order chi connectivity index (χ1) is 9.04. The SMILES string of the molecule is CC1CN1C1=C(Br)C(=O)c2ncc(CBr)cc2C1=O. The molecule has 2 heterocycles. The molecule has 1 aliphatic carbocycles. The summed E-state index contributed by atoms with van der Waals surface area (Å²) >= 11 is 6.58. The van der Waals surface area contributed by atoms with Crippen LogP contribution in [0.4, 0.5) is 0 Å². The summed E-state index contributed by atoms with van der Waals surface area (Å²) in [6, 6.07) is 2.05. The molecule has 0 N–H and O–H groups in total. The van der Waals surface area contributed by atoms with Gasteiger partial charge >= 0.3 is 0 Å². The maximum atomic E-state index is 12.5. The minimum absolute atomic E-state index is 0.124. The Morgan fingerprint density at radius 2 is 2.11 bits per heavy atom. The fourth-order valence-corrected chi connectivity index (χ4v) is 3.08. The minimum atomic E-state index is -0.218. The lowest BCUT2D eigenvalue weighted by Gasteiger charge is -2.19. The molecular weight excluding hydrogens is 376 g/mol. The molecule has 6 heteroatoms. The van der Waals surface area contributed by atoms with Crippen LogP contribution in [0.15, 0.2) is 22.4 Å². The van der Waals surface area contributed by atoms with Gasteiger partial charge in [0.05, 0.1) is 10.0 Å². The third-order valence-electron chi connectivity index (χ3n) is 3.33. The van der Waals surface area contributed by atoms with Crippen molar-refractivity contribution >= 4 is 43.4 Å². The predicted molar refractivity (Wildman–Crippen MR) is 77.7 cm³/mol. The van der Waals surface area contributed by atoms with E-state index in [1.165, 1.54) is 0 Å². The highest BCUT2D eigenvalue weighted by Crippen LogP contribution is 2.36. The summed E-state index contributed by atoms with van der Waals surface area (Å²) in [4.78, 5) is 30.8. The van der Waals surface area contributed by atoms with Gasteiger partial charge < -0.3 is 4.90 Å². The van der Waals surface area contributed by atoms with Crippen LogP contribution in [0, 0.1) is 0 Å². The molecule has 1 aromatic rings. The number of halogens is 2. The zero-order valence-corrected chi connectivity index (χ0v) is 13.3. The quantitative estimate of drug-likeness (QED) is 0.580. The van der Waals surface area contributed by atoms with Crippen molar-refractivity contribution in [2.75, 3.05) is 6.54 Å². The first kappa shape index (κ1) is 13.0. The molecule has 19 heavy (non-hydrogen) atoms. The molecule has 0 amide bonds. The highest BCUT2D eigenvalue weighted by atomic mass is 79.9. The second-order valence-corrected chi connectivity index (χ2v) is 6.05. The van der Waals surface area contributed by atoms with Crippen molar-refractivity contribution in [2.24, 2.45) is 0 Å². The number of ketones is 2. The van der Waals surface area contributed by atoms with E-state index in [1.54, 1.807) is 12.3 Å². The van der Waals surface area contributed by atoms with E-state index >= 15 is 0 Å². The molecule has 0 aromatic carbocycles. The summed E-state index contributed by atoms with van der Waals surface area (Å²) in [7, 11) is 0. The Hall–Kier alpha value is -1.01. The average Bonchev–Trinajstić information content (AvgIpc) is 3.12. The molecule has 1 aliphatic heterocycles. The van der Waals surface area contributed by atoms with Crippen LogP contribution >= 0.6 is 31.9 Å². The molecule has 1 saturated heterocycles. The van der Waals surface area contributed by atoms with Gasteiger partial charge in [-0.15, -0.1) is 0 Å². The maximum Gasteiger partial charge on any atom is 0.221 e. The molecule has 4 nitrogen and oxygen atoms in total. The van der Waals surface area contributed by atoms with Gasteiger partial charge in [-0.1, -0.05) is 15.9 Å². The van der Waals surface area contributed by atoms with E-state index in [0.29, 0.717) is 27.1 Å². The third-order valence-corrected chi connectivity index (χ3v) is 4.71. The monoisotopic (exact) mass is 384 g/mol. The number of carbonyl (C=O) groups excluding carboxylic acids is 2. The summed E-state index contributed by atoms with van der Waals surface area (Å²) in [5, 5.41) is 0.606. The van der Waals surface area contributed by atoms with E-state index < -0.39 is 0 Å². The molecule has 0 radical (unpaired) electrons. The van der Waals surface area contributed by atoms with Gasteiger partial charge in [0.25, 0.3) is 0 Å². The van der Waals surface area contributed by atoms with Gasteiger partial charge in [-0.05, 0) is 34.5 Å². The van der Waals surface area contributed by atoms with E-state index in [2.05, 4.69) is 36.8 Å². The highest BCUT2D eigenvalue weighted by Gasteiger charge is 2.42. The fourth-order valence-electron chi connectivity index (χ4n) is 2.18. The van der Waals surface area contributed by atoms with E-state index in [4.69, 9.17) is 0 Å². The fraction of sp³-hybridized carbons (Fsp3) is 0.308. The maximum absolute atomic E-state index is 12.5. The van der Waals surface area contributed by atoms with Crippen molar-refractivity contribution in [1.82, 2.24) is 9.88 Å². The molecule has 2 aliphatic rings. The summed E-state index contributed by atoms with van der Waals surface area (Å²) in [5.41, 5.74) is 1.99. The average molecular weight is 386 g/mol. The summed E-state index contributed by atoms with van der Waals surface area (Å²) in [6.07, 6.45) is 1.62. The van der Waals surface area contributed by atoms with Crippen LogP contribution in [-0.4, -0.2) is 34.0 Å². The lowest BCUT2D eigenvalue weighted by molar-refractivity contribution is 0.0963. The van der Waals surface area contributed by atoms with Crippen molar-refractivity contribution in [3.8, 4) is 0 Å². The van der Waals surface area contributed by atoms with Crippen molar-refractivity contribution in [1.29, 1.82) is 0 Å². The van der Waals surface area contributed by atoms with Crippen LogP contribution in [0.1, 0.15) is 33.3 Å². The van der Waals surface area contributed by atoms with Crippen LogP contribution in [0.5, 0.6) is 0 Å². The van der Waals surface area contributed by atoms with Gasteiger partial charge in [0.2, 0.25) is 11.6 Å². The number of rotatable bonds is 2. The Kier molecular flexibility index (Phi) is 3.09. The zero-order chi connectivity index (χ0) is 13.7. The summed E-state index contributed by atoms with van der Waals surface area (Å²) in [6.45, 7) is 2.83. The van der Waals surface area contributed by atoms with Crippen LogP contribution in [0.2, 0.25) is 0 Å². The molecule has 1 atom stereocenters. The van der Waals surface area contributed by atoms with Gasteiger partial charge in [-0.25, -0.2) is 0 Å². The van der Waals surface area contributed by atoms with E-state index in [-0.39, 0.29) is 17.3 Å². The summed E-state index contributed by atoms with van der Waals surface area (Å²) in [5.74, 6) is -0.342. The van der Waals surface area contributed by atoms with E-state index in [1.807, 2.05) is 11.8 Å².